The second-order valence-electron chi connectivity index (χ2n) is 7.80. The van der Waals surface area contributed by atoms with E-state index in [1.807, 2.05) is 56.9 Å². The number of amides is 1. The minimum atomic E-state index is -0.0361. The first-order chi connectivity index (χ1) is 13.4. The van der Waals surface area contributed by atoms with E-state index in [0.717, 1.165) is 43.1 Å². The Hall–Kier alpha value is -2.12. The number of carbonyl (C=O) groups excluding carboxylic acids is 1. The van der Waals surface area contributed by atoms with Crippen LogP contribution in [-0.2, 0) is 6.42 Å². The topological polar surface area (TPSA) is 86.3 Å². The third-order valence-electron chi connectivity index (χ3n) is 5.32. The number of piperidine rings is 1. The summed E-state index contributed by atoms with van der Waals surface area (Å²) in [5.41, 5.74) is 8.16. The van der Waals surface area contributed by atoms with E-state index in [4.69, 9.17) is 10.5 Å². The Labute approximate surface area is 179 Å². The molecule has 0 aliphatic carbocycles. The van der Waals surface area contributed by atoms with Crippen LogP contribution in [0, 0.1) is 5.92 Å². The number of nitrogens with two attached hydrogens (primary N) is 1. The van der Waals surface area contributed by atoms with Gasteiger partial charge in [-0.05, 0) is 70.2 Å². The summed E-state index contributed by atoms with van der Waals surface area (Å²) in [7, 11) is 0. The zero-order valence-corrected chi connectivity index (χ0v) is 18.5. The fourth-order valence-corrected chi connectivity index (χ4v) is 3.71. The molecule has 1 amide bonds. The largest absolute Gasteiger partial charge is 0.491 e. The zero-order valence-electron chi connectivity index (χ0n) is 17.7. The summed E-state index contributed by atoms with van der Waals surface area (Å²) < 4.78 is 7.45. The van der Waals surface area contributed by atoms with Crippen molar-refractivity contribution in [3.63, 3.8) is 0 Å². The summed E-state index contributed by atoms with van der Waals surface area (Å²) in [5, 5.41) is 8.49. The van der Waals surface area contributed by atoms with Gasteiger partial charge in [0, 0.05) is 19.1 Å². The molecule has 1 unspecified atom stereocenters. The molecule has 0 saturated carbocycles. The quantitative estimate of drug-likeness (QED) is 0.773. The van der Waals surface area contributed by atoms with Crippen LogP contribution in [0.15, 0.2) is 24.3 Å². The Morgan fingerprint density at radius 1 is 1.21 bits per heavy atom. The van der Waals surface area contributed by atoms with Crippen LogP contribution in [-0.4, -0.2) is 51.0 Å². The van der Waals surface area contributed by atoms with Crippen molar-refractivity contribution in [2.24, 2.45) is 11.7 Å². The maximum absolute atomic E-state index is 13.0. The molecule has 1 aliphatic rings. The van der Waals surface area contributed by atoms with Crippen LogP contribution in [0.2, 0.25) is 0 Å². The lowest BCUT2D eigenvalue weighted by Crippen LogP contribution is -2.42. The zero-order chi connectivity index (χ0) is 20.3. The van der Waals surface area contributed by atoms with E-state index < -0.39 is 0 Å². The molecule has 2 heterocycles. The van der Waals surface area contributed by atoms with Gasteiger partial charge < -0.3 is 15.4 Å². The third kappa shape index (κ3) is 5.28. The van der Waals surface area contributed by atoms with Crippen molar-refractivity contribution in [1.82, 2.24) is 19.9 Å². The van der Waals surface area contributed by atoms with Crippen LogP contribution < -0.4 is 10.5 Å². The summed E-state index contributed by atoms with van der Waals surface area (Å²) >= 11 is 0. The van der Waals surface area contributed by atoms with Crippen LogP contribution in [0.3, 0.4) is 0 Å². The van der Waals surface area contributed by atoms with Crippen LogP contribution in [0.4, 0.5) is 0 Å². The highest BCUT2D eigenvalue weighted by Gasteiger charge is 2.29. The molecule has 29 heavy (non-hydrogen) atoms. The van der Waals surface area contributed by atoms with Gasteiger partial charge in [-0.15, -0.1) is 17.5 Å². The van der Waals surface area contributed by atoms with E-state index in [9.17, 15) is 4.79 Å². The van der Waals surface area contributed by atoms with Gasteiger partial charge in [0.15, 0.2) is 5.69 Å². The van der Waals surface area contributed by atoms with Crippen LogP contribution in [0.5, 0.6) is 5.75 Å². The lowest BCUT2D eigenvalue weighted by molar-refractivity contribution is 0.0674. The summed E-state index contributed by atoms with van der Waals surface area (Å²) in [4.78, 5) is 14.9. The molecule has 1 atom stereocenters. The molecule has 1 aromatic carbocycles. The summed E-state index contributed by atoms with van der Waals surface area (Å²) in [6, 6.07) is 7.88. The molecule has 160 valence electrons. The van der Waals surface area contributed by atoms with Gasteiger partial charge in [0.05, 0.1) is 17.5 Å². The molecule has 2 aromatic rings. The Morgan fingerprint density at radius 3 is 2.34 bits per heavy atom. The normalized spacial score (nSPS) is 15.9. The van der Waals surface area contributed by atoms with Gasteiger partial charge in [-0.3, -0.25) is 4.79 Å². The Bertz CT molecular complexity index is 796. The summed E-state index contributed by atoms with van der Waals surface area (Å²) in [6.07, 6.45) is 2.68. The fourth-order valence-electron chi connectivity index (χ4n) is 3.71. The second kappa shape index (κ2) is 10.1. The number of carbonyl (C=O) groups is 1. The number of ether oxygens (including phenoxy) is 1. The predicted molar refractivity (Wildman–Crippen MR) is 116 cm³/mol. The molecule has 1 aromatic heterocycles. The second-order valence-corrected chi connectivity index (χ2v) is 7.80. The number of benzene rings is 1. The minimum Gasteiger partial charge on any atom is -0.491 e. The van der Waals surface area contributed by atoms with Gasteiger partial charge in [0.25, 0.3) is 5.91 Å². The van der Waals surface area contributed by atoms with E-state index >= 15 is 0 Å². The first kappa shape index (κ1) is 23.2. The highest BCUT2D eigenvalue weighted by molar-refractivity contribution is 5.93. The standard InChI is InChI=1S/C21H31N5O2.ClH/c1-5-19-20(21(27)25-12-10-16(11-13-25)15(4)22)23-24-26(19)17-6-8-18(9-7-17)28-14(2)3;/h6-9,14-16H,5,10-13,22H2,1-4H3;1H. The summed E-state index contributed by atoms with van der Waals surface area (Å²) in [5.74, 6) is 1.26. The number of halogens is 1. The maximum Gasteiger partial charge on any atom is 0.276 e. The number of nitrogens with zero attached hydrogens (tertiary/aromatic N) is 4. The van der Waals surface area contributed by atoms with Gasteiger partial charge in [0.1, 0.15) is 5.75 Å². The van der Waals surface area contributed by atoms with E-state index in [1.54, 1.807) is 4.68 Å². The molecule has 0 bridgehead atoms. The van der Waals surface area contributed by atoms with E-state index in [0.29, 0.717) is 18.0 Å². The smallest absolute Gasteiger partial charge is 0.276 e. The van der Waals surface area contributed by atoms with E-state index in [2.05, 4.69) is 10.3 Å². The molecular weight excluding hydrogens is 390 g/mol. The summed E-state index contributed by atoms with van der Waals surface area (Å²) in [6.45, 7) is 9.50. The monoisotopic (exact) mass is 421 g/mol. The first-order valence-electron chi connectivity index (χ1n) is 10.2. The lowest BCUT2D eigenvalue weighted by Gasteiger charge is -2.33. The van der Waals surface area contributed by atoms with Crippen LogP contribution >= 0.6 is 12.4 Å². The minimum absolute atomic E-state index is 0. The molecule has 8 heteroatoms. The number of aromatic nitrogens is 3. The van der Waals surface area contributed by atoms with Gasteiger partial charge in [-0.2, -0.15) is 0 Å². The lowest BCUT2D eigenvalue weighted by atomic mass is 9.91. The molecule has 0 spiro atoms. The molecule has 1 saturated heterocycles. The fraction of sp³-hybridized carbons (Fsp3) is 0.571. The molecule has 2 N–H and O–H groups in total. The van der Waals surface area contributed by atoms with E-state index in [1.165, 1.54) is 0 Å². The van der Waals surface area contributed by atoms with Crippen molar-refractivity contribution in [2.75, 3.05) is 13.1 Å². The third-order valence-corrected chi connectivity index (χ3v) is 5.32. The maximum atomic E-state index is 13.0. The van der Waals surface area contributed by atoms with Crippen molar-refractivity contribution in [3.8, 4) is 11.4 Å². The molecule has 7 nitrogen and oxygen atoms in total. The predicted octanol–water partition coefficient (Wildman–Crippen LogP) is 3.24. The molecule has 1 aliphatic heterocycles. The SMILES string of the molecule is CCc1c(C(=O)N2CCC(C(C)N)CC2)nnn1-c1ccc(OC(C)C)cc1.Cl. The average Bonchev–Trinajstić information content (AvgIpc) is 3.11. The molecular formula is C21H32ClN5O2. The number of likely N-dealkylation sites (tertiary alicyclic amines) is 1. The van der Waals surface area contributed by atoms with Crippen LogP contribution in [0.1, 0.15) is 56.7 Å². The Balaban J connectivity index is 0.00000300. The van der Waals surface area contributed by atoms with Gasteiger partial charge in [-0.1, -0.05) is 12.1 Å². The highest BCUT2D eigenvalue weighted by Crippen LogP contribution is 2.23. The number of rotatable bonds is 6. The van der Waals surface area contributed by atoms with Gasteiger partial charge in [0.2, 0.25) is 0 Å². The van der Waals surface area contributed by atoms with Crippen molar-refractivity contribution in [3.05, 3.63) is 35.7 Å². The van der Waals surface area contributed by atoms with Crippen molar-refractivity contribution >= 4 is 18.3 Å². The number of hydrogen-bond acceptors (Lipinski definition) is 5. The molecule has 0 radical (unpaired) electrons. The number of hydrogen-bond donors (Lipinski definition) is 1. The Morgan fingerprint density at radius 2 is 1.83 bits per heavy atom. The van der Waals surface area contributed by atoms with Gasteiger partial charge in [-0.25, -0.2) is 4.68 Å². The van der Waals surface area contributed by atoms with Crippen molar-refractivity contribution < 1.29 is 9.53 Å². The highest BCUT2D eigenvalue weighted by atomic mass is 35.5. The Kier molecular flexibility index (Phi) is 8.05. The van der Waals surface area contributed by atoms with Crippen molar-refractivity contribution in [2.45, 2.75) is 59.1 Å². The van der Waals surface area contributed by atoms with Gasteiger partial charge >= 0.3 is 0 Å². The van der Waals surface area contributed by atoms with E-state index in [-0.39, 0.29) is 30.5 Å². The van der Waals surface area contributed by atoms with Crippen molar-refractivity contribution in [1.29, 1.82) is 0 Å². The molecule has 1 fully saturated rings. The molecule has 3 rings (SSSR count). The van der Waals surface area contributed by atoms with Crippen LogP contribution in [0.25, 0.3) is 5.69 Å². The first-order valence-corrected chi connectivity index (χ1v) is 10.2. The average molecular weight is 422 g/mol.